The summed E-state index contributed by atoms with van der Waals surface area (Å²) in [7, 11) is 0. The normalized spacial score (nSPS) is 14.7. The fourth-order valence-electron chi connectivity index (χ4n) is 17.9. The largest absolute Gasteiger partial charge is 0.454 e. The fourth-order valence-corrected chi connectivity index (χ4v) is 18.5. The number of nitrogens with zero attached hydrogens (tertiary/aromatic N) is 1. The van der Waals surface area contributed by atoms with Gasteiger partial charge in [-0.1, -0.05) is 281 Å². The van der Waals surface area contributed by atoms with Gasteiger partial charge in [0.2, 0.25) is 0 Å². The van der Waals surface area contributed by atoms with Crippen molar-refractivity contribution in [2.24, 2.45) is 0 Å². The molecule has 504 valence electrons. The van der Waals surface area contributed by atoms with E-state index in [1.54, 1.807) is 0 Å². The third-order valence-electron chi connectivity index (χ3n) is 23.6. The number of hydrogen-bond acceptors (Lipinski definition) is 4. The van der Waals surface area contributed by atoms with E-state index in [4.69, 9.17) is 8.83 Å². The standard InChI is InChI=1S/C49H41NO.C28H23Br.C21H19NO/c1-29(2)30-22-24-31(25-23-30)50(43-20-13-18-36-34-16-10-12-21-45(34)51-47(36)43)44-28-42-46(35-17-8-7-15-33(35)44)38-27-40-37(26-41(38)49(42,5)6)32-14-9-11-19-39(32)48(40,3)4;1-27(2)21-12-8-7-9-16(21)19-13-23-20(14-22(19)27)26-18-11-6-5-10-17(18)25(29)15-24(26)28(23,3)4;1-14(2)15-10-12-16(13-11-15)22-19-8-5-7-18-17-6-3-4-9-20(17)23-21(18)19/h7-29H,1-6H3;5-15H,1-4H3;3-14,22H,1-2H3. The zero-order valence-electron chi connectivity index (χ0n) is 60.7. The number of rotatable bonds is 7. The molecule has 0 unspecified atom stereocenters. The van der Waals surface area contributed by atoms with Crippen LogP contribution in [0.5, 0.6) is 0 Å². The molecule has 14 aromatic carbocycles. The molecule has 0 atom stereocenters. The van der Waals surface area contributed by atoms with Crippen LogP contribution in [0.4, 0.5) is 28.4 Å². The maximum atomic E-state index is 6.72. The highest BCUT2D eigenvalue weighted by Gasteiger charge is 2.45. The van der Waals surface area contributed by atoms with Crippen molar-refractivity contribution >= 4 is 110 Å². The molecule has 5 heteroatoms. The topological polar surface area (TPSA) is 41.6 Å². The molecule has 20 rings (SSSR count). The highest BCUT2D eigenvalue weighted by atomic mass is 79.9. The zero-order chi connectivity index (χ0) is 70.8. The fraction of sp³-hybridized carbons (Fsp3) is 0.184. The number of furan rings is 2. The Labute approximate surface area is 612 Å². The summed E-state index contributed by atoms with van der Waals surface area (Å²) < 4.78 is 14.0. The van der Waals surface area contributed by atoms with E-state index in [0.29, 0.717) is 11.8 Å². The minimum absolute atomic E-state index is 0.0199. The van der Waals surface area contributed by atoms with Crippen LogP contribution in [0.1, 0.15) is 151 Å². The van der Waals surface area contributed by atoms with Crippen LogP contribution in [-0.4, -0.2) is 0 Å². The average molecular weight is 1400 g/mol. The van der Waals surface area contributed by atoms with Crippen LogP contribution >= 0.6 is 15.9 Å². The zero-order valence-corrected chi connectivity index (χ0v) is 62.3. The molecule has 16 aromatic rings. The Morgan fingerprint density at radius 3 is 1.25 bits per heavy atom. The molecule has 103 heavy (non-hydrogen) atoms. The first-order chi connectivity index (χ1) is 49.7. The lowest BCUT2D eigenvalue weighted by atomic mass is 9.79. The number of nitrogens with one attached hydrogen (secondary N) is 1. The molecule has 0 saturated heterocycles. The Bertz CT molecular complexity index is 6170. The van der Waals surface area contributed by atoms with Gasteiger partial charge in [0.05, 0.1) is 17.1 Å². The monoisotopic (exact) mass is 1400 g/mol. The molecule has 0 fully saturated rings. The summed E-state index contributed by atoms with van der Waals surface area (Å²) >= 11 is 3.84. The molecule has 4 aliphatic carbocycles. The summed E-state index contributed by atoms with van der Waals surface area (Å²) in [5.74, 6) is 0.993. The predicted octanol–water partition coefficient (Wildman–Crippen LogP) is 28.6. The molecule has 0 radical (unpaired) electrons. The minimum atomic E-state index is -0.210. The van der Waals surface area contributed by atoms with Crippen molar-refractivity contribution in [3.63, 3.8) is 0 Å². The molecule has 4 nitrogen and oxygen atoms in total. The highest BCUT2D eigenvalue weighted by Crippen LogP contribution is 2.61. The smallest absolute Gasteiger partial charge is 0.159 e. The van der Waals surface area contributed by atoms with Gasteiger partial charge in [-0.2, -0.15) is 0 Å². The van der Waals surface area contributed by atoms with Gasteiger partial charge >= 0.3 is 0 Å². The van der Waals surface area contributed by atoms with Gasteiger partial charge in [0, 0.05) is 64.4 Å². The van der Waals surface area contributed by atoms with Crippen molar-refractivity contribution in [1.82, 2.24) is 0 Å². The molecule has 0 saturated carbocycles. The Balaban J connectivity index is 0.000000122. The van der Waals surface area contributed by atoms with Crippen molar-refractivity contribution in [3.05, 3.63) is 327 Å². The van der Waals surface area contributed by atoms with Gasteiger partial charge in [-0.15, -0.1) is 0 Å². The van der Waals surface area contributed by atoms with E-state index in [1.165, 1.54) is 126 Å². The van der Waals surface area contributed by atoms with E-state index in [-0.39, 0.29) is 21.7 Å². The lowest BCUT2D eigenvalue weighted by Crippen LogP contribution is -2.18. The number of anilines is 5. The summed E-state index contributed by atoms with van der Waals surface area (Å²) in [6.45, 7) is 28.0. The Kier molecular flexibility index (Phi) is 14.8. The van der Waals surface area contributed by atoms with Gasteiger partial charge in [0.1, 0.15) is 11.2 Å². The maximum Gasteiger partial charge on any atom is 0.159 e. The third-order valence-corrected chi connectivity index (χ3v) is 24.3. The van der Waals surface area contributed by atoms with E-state index in [2.05, 4.69) is 358 Å². The van der Waals surface area contributed by atoms with Crippen molar-refractivity contribution < 1.29 is 8.83 Å². The van der Waals surface area contributed by atoms with Crippen LogP contribution in [-0.2, 0) is 21.7 Å². The van der Waals surface area contributed by atoms with Gasteiger partial charge in [0.25, 0.3) is 0 Å². The summed E-state index contributed by atoms with van der Waals surface area (Å²) in [5.41, 5.74) is 33.9. The number of hydrogen-bond donors (Lipinski definition) is 1. The number of fused-ring (bicyclic) bond motifs is 22. The summed E-state index contributed by atoms with van der Waals surface area (Å²) in [6.07, 6.45) is 0. The molecular weight excluding hydrogens is 1320 g/mol. The SMILES string of the molecule is CC(C)c1ccc(N(c2cc3c(c4ccccc24)-c2cc4c(cc2C3(C)C)-c2ccccc2C4(C)C)c2cccc3c2oc2ccccc23)cc1.CC(C)c1ccc(Nc2cccc3c2oc2ccccc23)cc1.CC1(C)c2ccccc2-c2cc3c(cc21)-c1c(cc(Br)c2ccccc12)C3(C)C. The number of halogens is 1. The van der Waals surface area contributed by atoms with Gasteiger partial charge in [-0.25, -0.2) is 0 Å². The molecule has 0 spiro atoms. The van der Waals surface area contributed by atoms with Gasteiger partial charge in [-0.3, -0.25) is 0 Å². The Morgan fingerprint density at radius 1 is 0.311 bits per heavy atom. The van der Waals surface area contributed by atoms with Crippen LogP contribution in [0.2, 0.25) is 0 Å². The molecule has 0 aliphatic heterocycles. The number of para-hydroxylation sites is 4. The molecule has 0 bridgehead atoms. The van der Waals surface area contributed by atoms with E-state index < -0.39 is 0 Å². The average Bonchev–Trinajstić information content (AvgIpc) is 1.54. The summed E-state index contributed by atoms with van der Waals surface area (Å²) in [5, 5.41) is 13.2. The van der Waals surface area contributed by atoms with Gasteiger partial charge in [-0.05, 0) is 213 Å². The lowest BCUT2D eigenvalue weighted by Gasteiger charge is -2.30. The van der Waals surface area contributed by atoms with Crippen molar-refractivity contribution in [2.75, 3.05) is 10.2 Å². The molecule has 0 amide bonds. The maximum absolute atomic E-state index is 6.72. The lowest BCUT2D eigenvalue weighted by molar-refractivity contribution is 0.652. The van der Waals surface area contributed by atoms with Gasteiger partial charge < -0.3 is 19.1 Å². The first kappa shape index (κ1) is 64.4. The van der Waals surface area contributed by atoms with Crippen molar-refractivity contribution in [3.8, 4) is 44.5 Å². The first-order valence-electron chi connectivity index (χ1n) is 36.6. The second kappa shape index (κ2) is 23.7. The quantitative estimate of drug-likeness (QED) is 0.173. The van der Waals surface area contributed by atoms with Crippen LogP contribution in [0, 0.1) is 0 Å². The van der Waals surface area contributed by atoms with Gasteiger partial charge in [0.15, 0.2) is 11.2 Å². The Morgan fingerprint density at radius 2 is 0.709 bits per heavy atom. The van der Waals surface area contributed by atoms with Crippen LogP contribution < -0.4 is 10.2 Å². The minimum Gasteiger partial charge on any atom is -0.454 e. The van der Waals surface area contributed by atoms with Crippen LogP contribution in [0.3, 0.4) is 0 Å². The van der Waals surface area contributed by atoms with Crippen molar-refractivity contribution in [1.29, 1.82) is 0 Å². The summed E-state index contributed by atoms with van der Waals surface area (Å²) in [6, 6.07) is 97.6. The van der Waals surface area contributed by atoms with Crippen LogP contribution in [0.15, 0.2) is 280 Å². The Hall–Kier alpha value is -10.7. The van der Waals surface area contributed by atoms with E-state index >= 15 is 0 Å². The molecule has 4 aliphatic rings. The molecule has 1 N–H and O–H groups in total. The summed E-state index contributed by atoms with van der Waals surface area (Å²) in [4.78, 5) is 2.44. The number of benzene rings is 14. The second-order valence-electron chi connectivity index (χ2n) is 31.7. The van der Waals surface area contributed by atoms with E-state index in [1.807, 2.05) is 18.2 Å². The third kappa shape index (κ3) is 9.89. The second-order valence-corrected chi connectivity index (χ2v) is 32.5. The predicted molar refractivity (Wildman–Crippen MR) is 439 cm³/mol. The molecule has 2 aromatic heterocycles. The van der Waals surface area contributed by atoms with E-state index in [0.717, 1.165) is 72.3 Å². The van der Waals surface area contributed by atoms with Crippen molar-refractivity contribution in [2.45, 2.75) is 117 Å². The molecular formula is C98H83BrN2O2. The highest BCUT2D eigenvalue weighted by molar-refractivity contribution is 9.10. The first-order valence-corrected chi connectivity index (χ1v) is 37.4. The molecule has 2 heterocycles. The van der Waals surface area contributed by atoms with E-state index in [9.17, 15) is 0 Å². The van der Waals surface area contributed by atoms with Crippen LogP contribution in [0.25, 0.3) is 110 Å².